The van der Waals surface area contributed by atoms with Gasteiger partial charge in [0.1, 0.15) is 5.82 Å². The molecule has 2 aliphatic rings. The highest BCUT2D eigenvalue weighted by molar-refractivity contribution is 7.15. The Morgan fingerprint density at radius 2 is 1.96 bits per heavy atom. The Morgan fingerprint density at radius 1 is 1.13 bits per heavy atom. The summed E-state index contributed by atoms with van der Waals surface area (Å²) in [6.07, 6.45) is 5.50. The van der Waals surface area contributed by atoms with Gasteiger partial charge in [0.15, 0.2) is 5.13 Å². The van der Waals surface area contributed by atoms with Gasteiger partial charge in [0.2, 0.25) is 5.95 Å². The zero-order valence-electron chi connectivity index (χ0n) is 13.5. The second-order valence-electron chi connectivity index (χ2n) is 5.96. The number of thiazole rings is 1. The minimum atomic E-state index is 0.712. The van der Waals surface area contributed by atoms with Crippen molar-refractivity contribution in [3.63, 3.8) is 0 Å². The maximum absolute atomic E-state index is 4.84. The van der Waals surface area contributed by atoms with Crippen molar-refractivity contribution >= 4 is 28.2 Å². The van der Waals surface area contributed by atoms with E-state index < -0.39 is 0 Å². The Hall–Kier alpha value is -1.89. The molecule has 0 amide bonds. The number of aromatic nitrogens is 3. The first-order valence-electron chi connectivity index (χ1n) is 8.39. The van der Waals surface area contributed by atoms with E-state index in [0.29, 0.717) is 5.95 Å². The fourth-order valence-electron chi connectivity index (χ4n) is 3.21. The van der Waals surface area contributed by atoms with Crippen molar-refractivity contribution in [2.75, 3.05) is 47.8 Å². The summed E-state index contributed by atoms with van der Waals surface area (Å²) < 4.78 is 0. The largest absolute Gasteiger partial charge is 0.354 e. The predicted octanol–water partition coefficient (Wildman–Crippen LogP) is 2.18. The van der Waals surface area contributed by atoms with E-state index in [4.69, 9.17) is 4.98 Å². The molecule has 2 aromatic heterocycles. The molecule has 0 saturated carbocycles. The number of piperazine rings is 1. The fraction of sp³-hybridized carbons (Fsp3) is 0.562. The summed E-state index contributed by atoms with van der Waals surface area (Å²) in [6, 6.07) is 1.99. The predicted molar refractivity (Wildman–Crippen MR) is 94.8 cm³/mol. The molecule has 0 bridgehead atoms. The molecule has 0 unspecified atom stereocenters. The lowest BCUT2D eigenvalue weighted by molar-refractivity contribution is 0.645. The number of nitrogens with one attached hydrogen (secondary N) is 1. The SMILES string of the molecule is CCNc1nccc(N2CCN(c3nc4c(s3)CCC4)CC2)n1. The van der Waals surface area contributed by atoms with Crippen LogP contribution >= 0.6 is 11.3 Å². The van der Waals surface area contributed by atoms with Crippen molar-refractivity contribution in [1.29, 1.82) is 0 Å². The summed E-state index contributed by atoms with van der Waals surface area (Å²) in [4.78, 5) is 19.9. The average molecular weight is 330 g/mol. The van der Waals surface area contributed by atoms with Crippen LogP contribution in [-0.2, 0) is 12.8 Å². The van der Waals surface area contributed by atoms with Gasteiger partial charge < -0.3 is 15.1 Å². The Balaban J connectivity index is 1.41. The molecule has 6 nitrogen and oxygen atoms in total. The van der Waals surface area contributed by atoms with Gasteiger partial charge >= 0.3 is 0 Å². The third-order valence-electron chi connectivity index (χ3n) is 4.43. The molecular weight excluding hydrogens is 308 g/mol. The third-order valence-corrected chi connectivity index (χ3v) is 5.65. The van der Waals surface area contributed by atoms with Crippen LogP contribution in [-0.4, -0.2) is 47.7 Å². The van der Waals surface area contributed by atoms with Crippen LogP contribution in [0.5, 0.6) is 0 Å². The number of hydrogen-bond donors (Lipinski definition) is 1. The minimum absolute atomic E-state index is 0.712. The highest BCUT2D eigenvalue weighted by Gasteiger charge is 2.24. The molecular formula is C16H22N6S. The molecule has 122 valence electrons. The molecule has 1 aliphatic heterocycles. The first kappa shape index (κ1) is 14.7. The maximum atomic E-state index is 4.84. The highest BCUT2D eigenvalue weighted by atomic mass is 32.1. The third kappa shape index (κ3) is 2.97. The molecule has 0 spiro atoms. The summed E-state index contributed by atoms with van der Waals surface area (Å²) in [5.74, 6) is 1.72. The van der Waals surface area contributed by atoms with Crippen LogP contribution in [0.1, 0.15) is 23.9 Å². The first-order chi connectivity index (χ1) is 11.3. The molecule has 0 atom stereocenters. The van der Waals surface area contributed by atoms with Gasteiger partial charge in [-0.25, -0.2) is 9.97 Å². The van der Waals surface area contributed by atoms with Crippen molar-refractivity contribution in [2.24, 2.45) is 0 Å². The van der Waals surface area contributed by atoms with Crippen molar-refractivity contribution in [3.05, 3.63) is 22.8 Å². The number of anilines is 3. The number of aryl methyl sites for hydroxylation is 2. The molecule has 0 radical (unpaired) electrons. The number of hydrogen-bond acceptors (Lipinski definition) is 7. The van der Waals surface area contributed by atoms with Gasteiger partial charge in [-0.1, -0.05) is 0 Å². The lowest BCUT2D eigenvalue weighted by atomic mass is 10.3. The van der Waals surface area contributed by atoms with E-state index in [1.807, 2.05) is 23.6 Å². The second kappa shape index (κ2) is 6.31. The topological polar surface area (TPSA) is 57.2 Å². The molecule has 1 saturated heterocycles. The van der Waals surface area contributed by atoms with Crippen molar-refractivity contribution in [3.8, 4) is 0 Å². The lowest BCUT2D eigenvalue weighted by Gasteiger charge is -2.35. The van der Waals surface area contributed by atoms with Crippen LogP contribution in [0, 0.1) is 0 Å². The van der Waals surface area contributed by atoms with Gasteiger partial charge in [-0.05, 0) is 32.3 Å². The quantitative estimate of drug-likeness (QED) is 0.927. The van der Waals surface area contributed by atoms with Crippen LogP contribution in [0.2, 0.25) is 0 Å². The Kier molecular flexibility index (Phi) is 4.03. The van der Waals surface area contributed by atoms with Gasteiger partial charge in [0, 0.05) is 43.8 Å². The number of nitrogens with zero attached hydrogens (tertiary/aromatic N) is 5. The highest BCUT2D eigenvalue weighted by Crippen LogP contribution is 2.33. The van der Waals surface area contributed by atoms with E-state index in [2.05, 4.69) is 32.0 Å². The standard InChI is InChI=1S/C16H22N6S/c1-2-17-15-18-7-6-14(20-15)21-8-10-22(11-9-21)16-19-12-4-3-5-13(12)23-16/h6-7H,2-5,8-11H2,1H3,(H,17,18,20). The zero-order valence-corrected chi connectivity index (χ0v) is 14.3. The maximum Gasteiger partial charge on any atom is 0.224 e. The van der Waals surface area contributed by atoms with Crippen molar-refractivity contribution in [1.82, 2.24) is 15.0 Å². The number of fused-ring (bicyclic) bond motifs is 1. The zero-order chi connectivity index (χ0) is 15.6. The fourth-order valence-corrected chi connectivity index (χ4v) is 4.41. The lowest BCUT2D eigenvalue weighted by Crippen LogP contribution is -2.46. The van der Waals surface area contributed by atoms with Gasteiger partial charge in [-0.15, -0.1) is 11.3 Å². The van der Waals surface area contributed by atoms with Gasteiger partial charge in [0.25, 0.3) is 0 Å². The van der Waals surface area contributed by atoms with Crippen LogP contribution in [0.4, 0.5) is 16.9 Å². The average Bonchev–Trinajstić information content (AvgIpc) is 3.17. The first-order valence-corrected chi connectivity index (χ1v) is 9.20. The summed E-state index contributed by atoms with van der Waals surface area (Å²) in [5, 5.41) is 4.39. The Morgan fingerprint density at radius 3 is 2.74 bits per heavy atom. The normalized spacial score (nSPS) is 17.4. The van der Waals surface area contributed by atoms with Gasteiger partial charge in [0.05, 0.1) is 5.69 Å². The summed E-state index contributed by atoms with van der Waals surface area (Å²) in [5.41, 5.74) is 1.35. The van der Waals surface area contributed by atoms with Crippen LogP contribution in [0.15, 0.2) is 12.3 Å². The molecule has 4 rings (SSSR count). The van der Waals surface area contributed by atoms with E-state index in [1.54, 1.807) is 0 Å². The molecule has 1 N–H and O–H groups in total. The van der Waals surface area contributed by atoms with E-state index in [1.165, 1.54) is 35.0 Å². The summed E-state index contributed by atoms with van der Waals surface area (Å²) in [6.45, 7) is 6.87. The molecule has 23 heavy (non-hydrogen) atoms. The monoisotopic (exact) mass is 330 g/mol. The molecule has 7 heteroatoms. The van der Waals surface area contributed by atoms with E-state index >= 15 is 0 Å². The Labute approximate surface area is 140 Å². The number of rotatable bonds is 4. The van der Waals surface area contributed by atoms with Gasteiger partial charge in [-0.3, -0.25) is 0 Å². The molecule has 3 heterocycles. The van der Waals surface area contributed by atoms with Gasteiger partial charge in [-0.2, -0.15) is 4.98 Å². The smallest absolute Gasteiger partial charge is 0.224 e. The molecule has 1 aliphatic carbocycles. The van der Waals surface area contributed by atoms with E-state index in [-0.39, 0.29) is 0 Å². The Bertz CT molecular complexity index is 655. The van der Waals surface area contributed by atoms with Crippen molar-refractivity contribution < 1.29 is 0 Å². The minimum Gasteiger partial charge on any atom is -0.354 e. The van der Waals surface area contributed by atoms with Crippen LogP contribution in [0.25, 0.3) is 0 Å². The molecule has 0 aromatic carbocycles. The summed E-state index contributed by atoms with van der Waals surface area (Å²) in [7, 11) is 0. The summed E-state index contributed by atoms with van der Waals surface area (Å²) >= 11 is 1.90. The molecule has 1 fully saturated rings. The van der Waals surface area contributed by atoms with Crippen molar-refractivity contribution in [2.45, 2.75) is 26.2 Å². The van der Waals surface area contributed by atoms with E-state index in [0.717, 1.165) is 38.5 Å². The van der Waals surface area contributed by atoms with Crippen LogP contribution in [0.3, 0.4) is 0 Å². The van der Waals surface area contributed by atoms with E-state index in [9.17, 15) is 0 Å². The second-order valence-corrected chi connectivity index (χ2v) is 7.02. The van der Waals surface area contributed by atoms with Crippen LogP contribution < -0.4 is 15.1 Å². The molecule has 2 aromatic rings.